The Labute approximate surface area is 230 Å². The van der Waals surface area contributed by atoms with Crippen molar-refractivity contribution in [3.63, 3.8) is 0 Å². The lowest BCUT2D eigenvalue weighted by atomic mass is 9.86. The SMILES string of the molecule is CN(C(=O)N(C)[C@@H]1CN(C(=O)C2CCC(F)(F)CC2)C[C@H]1c1ccc(F)cc1)c1cc(Br)cc(C(F)(F)F)c1. The largest absolute Gasteiger partial charge is 0.416 e. The number of alkyl halides is 5. The molecule has 1 aliphatic carbocycles. The normalized spacial score (nSPS) is 21.6. The van der Waals surface area contributed by atoms with E-state index in [4.69, 9.17) is 0 Å². The number of likely N-dealkylation sites (N-methyl/N-ethyl adjacent to an activating group) is 1. The Morgan fingerprint density at radius 1 is 1.00 bits per heavy atom. The molecule has 4 rings (SSSR count). The molecule has 2 aromatic rings. The fourth-order valence-corrected chi connectivity index (χ4v) is 5.84. The molecule has 1 heterocycles. The van der Waals surface area contributed by atoms with Gasteiger partial charge in [-0.05, 0) is 48.7 Å². The Bertz CT molecular complexity index is 1210. The standard InChI is InChI=1S/C27H28BrF6N3O2/c1-35(21-12-18(27(32,33)34)11-19(28)13-21)25(39)36(2)23-15-37(14-22(23)16-3-5-20(29)6-4-16)24(38)17-7-9-26(30,31)10-8-17/h3-6,11-13,17,22-23H,7-10,14-15H2,1-2H3/t22-,23+/m0/s1. The monoisotopic (exact) mass is 619 g/mol. The van der Waals surface area contributed by atoms with Gasteiger partial charge < -0.3 is 9.80 Å². The van der Waals surface area contributed by atoms with Crippen molar-refractivity contribution in [3.05, 3.63) is 63.9 Å². The molecule has 12 heteroatoms. The van der Waals surface area contributed by atoms with Gasteiger partial charge in [0.05, 0.1) is 11.6 Å². The number of nitrogens with zero attached hydrogens (tertiary/aromatic N) is 3. The van der Waals surface area contributed by atoms with Gasteiger partial charge in [-0.25, -0.2) is 18.0 Å². The summed E-state index contributed by atoms with van der Waals surface area (Å²) in [6.45, 7) is 0.300. The topological polar surface area (TPSA) is 43.9 Å². The van der Waals surface area contributed by atoms with E-state index in [-0.39, 0.29) is 54.8 Å². The highest BCUT2D eigenvalue weighted by atomic mass is 79.9. The molecule has 212 valence electrons. The van der Waals surface area contributed by atoms with E-state index in [0.29, 0.717) is 5.56 Å². The van der Waals surface area contributed by atoms with Crippen LogP contribution in [0.4, 0.5) is 36.8 Å². The fourth-order valence-electron chi connectivity index (χ4n) is 5.36. The van der Waals surface area contributed by atoms with Gasteiger partial charge in [0.25, 0.3) is 0 Å². The van der Waals surface area contributed by atoms with Gasteiger partial charge in [0.15, 0.2) is 0 Å². The highest BCUT2D eigenvalue weighted by molar-refractivity contribution is 9.10. The highest BCUT2D eigenvalue weighted by Crippen LogP contribution is 2.39. The first-order chi connectivity index (χ1) is 18.2. The van der Waals surface area contributed by atoms with Crippen LogP contribution in [0.1, 0.15) is 42.7 Å². The van der Waals surface area contributed by atoms with Crippen LogP contribution in [0.2, 0.25) is 0 Å². The van der Waals surface area contributed by atoms with E-state index in [1.54, 1.807) is 17.0 Å². The molecule has 5 nitrogen and oxygen atoms in total. The summed E-state index contributed by atoms with van der Waals surface area (Å²) in [6, 6.07) is 7.65. The highest BCUT2D eigenvalue weighted by Gasteiger charge is 2.44. The average molecular weight is 620 g/mol. The Balaban J connectivity index is 1.58. The van der Waals surface area contributed by atoms with Crippen LogP contribution < -0.4 is 4.90 Å². The van der Waals surface area contributed by atoms with Gasteiger partial charge in [0, 0.05) is 62.0 Å². The van der Waals surface area contributed by atoms with Crippen molar-refractivity contribution in [3.8, 4) is 0 Å². The number of hydrogen-bond donors (Lipinski definition) is 0. The molecule has 1 aliphatic heterocycles. The predicted molar refractivity (Wildman–Crippen MR) is 137 cm³/mol. The van der Waals surface area contributed by atoms with Gasteiger partial charge in [-0.3, -0.25) is 9.69 Å². The summed E-state index contributed by atoms with van der Waals surface area (Å²) in [5.41, 5.74) is -0.231. The number of urea groups is 1. The second kappa shape index (κ2) is 11.0. The van der Waals surface area contributed by atoms with Crippen molar-refractivity contribution in [2.24, 2.45) is 5.92 Å². The quantitative estimate of drug-likeness (QED) is 0.349. The lowest BCUT2D eigenvalue weighted by Crippen LogP contribution is -2.48. The van der Waals surface area contributed by atoms with Crippen LogP contribution in [0.5, 0.6) is 0 Å². The predicted octanol–water partition coefficient (Wildman–Crippen LogP) is 6.92. The van der Waals surface area contributed by atoms with Gasteiger partial charge in [-0.2, -0.15) is 13.2 Å². The smallest absolute Gasteiger partial charge is 0.340 e. The number of hydrogen-bond acceptors (Lipinski definition) is 2. The molecule has 39 heavy (non-hydrogen) atoms. The molecule has 2 aliphatic rings. The van der Waals surface area contributed by atoms with Crippen molar-refractivity contribution in [2.75, 3.05) is 32.1 Å². The van der Waals surface area contributed by atoms with E-state index in [0.717, 1.165) is 17.0 Å². The number of likely N-dealkylation sites (tertiary alicyclic amines) is 1. The third-order valence-corrected chi connectivity index (χ3v) is 8.11. The molecule has 0 unspecified atom stereocenters. The summed E-state index contributed by atoms with van der Waals surface area (Å²) in [4.78, 5) is 30.8. The summed E-state index contributed by atoms with van der Waals surface area (Å²) in [6.07, 6.45) is -5.21. The van der Waals surface area contributed by atoms with Crippen molar-refractivity contribution < 1.29 is 35.9 Å². The molecule has 3 amide bonds. The molecule has 1 saturated carbocycles. The summed E-state index contributed by atoms with van der Waals surface area (Å²) < 4.78 is 81.2. The van der Waals surface area contributed by atoms with Crippen LogP contribution in [0, 0.1) is 11.7 Å². The first-order valence-corrected chi connectivity index (χ1v) is 13.3. The van der Waals surface area contributed by atoms with E-state index in [1.807, 2.05) is 0 Å². The van der Waals surface area contributed by atoms with Crippen molar-refractivity contribution in [1.29, 1.82) is 0 Å². The van der Waals surface area contributed by atoms with E-state index >= 15 is 0 Å². The maximum absolute atomic E-state index is 13.7. The van der Waals surface area contributed by atoms with Crippen LogP contribution in [-0.4, -0.2) is 60.9 Å². The van der Waals surface area contributed by atoms with Crippen LogP contribution in [-0.2, 0) is 11.0 Å². The Morgan fingerprint density at radius 2 is 1.62 bits per heavy atom. The minimum atomic E-state index is -4.61. The molecule has 0 bridgehead atoms. The van der Waals surface area contributed by atoms with Gasteiger partial charge in [0.1, 0.15) is 5.82 Å². The van der Waals surface area contributed by atoms with Crippen molar-refractivity contribution >= 4 is 33.6 Å². The number of anilines is 1. The third-order valence-electron chi connectivity index (χ3n) is 7.65. The summed E-state index contributed by atoms with van der Waals surface area (Å²) in [5, 5.41) is 0. The molecule has 0 N–H and O–H groups in total. The lowest BCUT2D eigenvalue weighted by Gasteiger charge is -2.33. The second-order valence-electron chi connectivity index (χ2n) is 10.2. The van der Waals surface area contributed by atoms with E-state index in [2.05, 4.69) is 15.9 Å². The van der Waals surface area contributed by atoms with E-state index in [1.165, 1.54) is 37.2 Å². The Hall–Kier alpha value is -2.76. The zero-order chi connectivity index (χ0) is 28.7. The molecule has 0 spiro atoms. The zero-order valence-corrected chi connectivity index (χ0v) is 22.9. The number of carbonyl (C=O) groups excluding carboxylic acids is 2. The molecular weight excluding hydrogens is 592 g/mol. The van der Waals surface area contributed by atoms with Crippen LogP contribution in [0.25, 0.3) is 0 Å². The number of rotatable bonds is 4. The van der Waals surface area contributed by atoms with E-state index in [9.17, 15) is 35.9 Å². The van der Waals surface area contributed by atoms with Gasteiger partial charge in [0.2, 0.25) is 11.8 Å². The Morgan fingerprint density at radius 3 is 2.21 bits per heavy atom. The summed E-state index contributed by atoms with van der Waals surface area (Å²) in [5.74, 6) is -4.48. The molecule has 1 saturated heterocycles. The maximum Gasteiger partial charge on any atom is 0.416 e. The van der Waals surface area contributed by atoms with Gasteiger partial charge in [-0.15, -0.1) is 0 Å². The molecule has 2 fully saturated rings. The van der Waals surface area contributed by atoms with Crippen molar-refractivity contribution in [2.45, 2.75) is 49.7 Å². The van der Waals surface area contributed by atoms with Gasteiger partial charge >= 0.3 is 12.2 Å². The molecular formula is C27H28BrF6N3O2. The first-order valence-electron chi connectivity index (χ1n) is 12.5. The van der Waals surface area contributed by atoms with Crippen molar-refractivity contribution in [1.82, 2.24) is 9.80 Å². The average Bonchev–Trinajstić information content (AvgIpc) is 3.32. The van der Waals surface area contributed by atoms with Gasteiger partial charge in [-0.1, -0.05) is 28.1 Å². The fraction of sp³-hybridized carbons (Fsp3) is 0.481. The molecule has 0 aromatic heterocycles. The number of carbonyl (C=O) groups is 2. The molecule has 2 atom stereocenters. The molecule has 2 aromatic carbocycles. The van der Waals surface area contributed by atoms with Crippen LogP contribution >= 0.6 is 15.9 Å². The lowest BCUT2D eigenvalue weighted by molar-refractivity contribution is -0.139. The zero-order valence-electron chi connectivity index (χ0n) is 21.3. The summed E-state index contributed by atoms with van der Waals surface area (Å²) >= 11 is 3.07. The second-order valence-corrected chi connectivity index (χ2v) is 11.2. The van der Waals surface area contributed by atoms with E-state index < -0.39 is 47.4 Å². The Kier molecular flexibility index (Phi) is 8.26. The number of benzene rings is 2. The van der Waals surface area contributed by atoms with Crippen LogP contribution in [0.15, 0.2) is 46.9 Å². The number of amides is 3. The van der Waals surface area contributed by atoms with Crippen LogP contribution in [0.3, 0.4) is 0 Å². The first kappa shape index (κ1) is 29.2. The minimum Gasteiger partial charge on any atom is -0.340 e. The third kappa shape index (κ3) is 6.53. The maximum atomic E-state index is 13.7. The summed E-state index contributed by atoms with van der Waals surface area (Å²) in [7, 11) is 2.85. The minimum absolute atomic E-state index is 0.0148. The number of halogens is 7. The molecule has 0 radical (unpaired) electrons.